The van der Waals surface area contributed by atoms with Crippen LogP contribution in [-0.4, -0.2) is 38.0 Å². The lowest BCUT2D eigenvalue weighted by Crippen LogP contribution is -2.35. The van der Waals surface area contributed by atoms with Gasteiger partial charge in [-0.05, 0) is 50.3 Å². The molecule has 0 radical (unpaired) electrons. The number of ether oxygens (including phenoxy) is 1. The van der Waals surface area contributed by atoms with Crippen LogP contribution < -0.4 is 11.1 Å². The van der Waals surface area contributed by atoms with E-state index in [0.29, 0.717) is 18.0 Å². The Kier molecular flexibility index (Phi) is 4.73. The summed E-state index contributed by atoms with van der Waals surface area (Å²) in [6, 6.07) is -0.104. The number of nitrogens with two attached hydrogens (primary N) is 1. The molecule has 1 unspecified atom stereocenters. The van der Waals surface area contributed by atoms with Crippen LogP contribution >= 0.6 is 22.6 Å². The number of carbonyl (C=O) groups excluding carboxylic acids is 1. The van der Waals surface area contributed by atoms with Crippen molar-refractivity contribution in [3.63, 3.8) is 0 Å². The highest BCUT2D eigenvalue weighted by Crippen LogP contribution is 2.24. The summed E-state index contributed by atoms with van der Waals surface area (Å²) in [7, 11) is 0. The van der Waals surface area contributed by atoms with Gasteiger partial charge in [0.1, 0.15) is 21.4 Å². The van der Waals surface area contributed by atoms with Crippen LogP contribution in [0.15, 0.2) is 6.33 Å². The van der Waals surface area contributed by atoms with Crippen molar-refractivity contribution in [3.8, 4) is 0 Å². The van der Waals surface area contributed by atoms with Crippen LogP contribution in [0.5, 0.6) is 0 Å². The third-order valence-corrected chi connectivity index (χ3v) is 3.59. The molecule has 0 fully saturated rings. The highest BCUT2D eigenvalue weighted by atomic mass is 127. The molecule has 22 heavy (non-hydrogen) atoms. The average Bonchev–Trinajstić information content (AvgIpc) is 2.73. The second kappa shape index (κ2) is 6.23. The predicted molar refractivity (Wildman–Crippen MR) is 91.4 cm³/mol. The number of aromatic nitrogens is 4. The number of fused-ring (bicyclic) bond motifs is 1. The molecule has 0 aliphatic heterocycles. The van der Waals surface area contributed by atoms with Crippen molar-refractivity contribution in [3.05, 3.63) is 10.0 Å². The van der Waals surface area contributed by atoms with E-state index < -0.39 is 11.7 Å². The van der Waals surface area contributed by atoms with Crippen molar-refractivity contribution < 1.29 is 9.53 Å². The molecule has 0 bridgehead atoms. The first-order valence-corrected chi connectivity index (χ1v) is 7.88. The van der Waals surface area contributed by atoms with Crippen LogP contribution in [0.4, 0.5) is 10.6 Å². The van der Waals surface area contributed by atoms with Crippen LogP contribution in [0.1, 0.15) is 33.7 Å². The first-order valence-electron chi connectivity index (χ1n) is 6.80. The predicted octanol–water partition coefficient (Wildman–Crippen LogP) is 2.10. The van der Waals surface area contributed by atoms with Crippen molar-refractivity contribution in [2.24, 2.45) is 0 Å². The SMILES string of the molecule is CC(CNC(=O)OC(C)(C)C)n1nc(I)c2c(N)ncnc21. The van der Waals surface area contributed by atoms with E-state index in [-0.39, 0.29) is 6.04 Å². The maximum absolute atomic E-state index is 11.7. The van der Waals surface area contributed by atoms with Gasteiger partial charge in [0, 0.05) is 6.54 Å². The molecular formula is C13H19IN6O2. The van der Waals surface area contributed by atoms with Gasteiger partial charge in [-0.15, -0.1) is 0 Å². The number of alkyl carbamates (subject to hydrolysis) is 1. The van der Waals surface area contributed by atoms with Crippen molar-refractivity contribution in [1.82, 2.24) is 25.1 Å². The van der Waals surface area contributed by atoms with Crippen molar-refractivity contribution in [2.75, 3.05) is 12.3 Å². The minimum Gasteiger partial charge on any atom is -0.444 e. The van der Waals surface area contributed by atoms with Crippen molar-refractivity contribution in [1.29, 1.82) is 0 Å². The first kappa shape index (κ1) is 16.7. The summed E-state index contributed by atoms with van der Waals surface area (Å²) in [5, 5.41) is 7.89. The lowest BCUT2D eigenvalue weighted by molar-refractivity contribution is 0.0520. The van der Waals surface area contributed by atoms with Gasteiger partial charge in [0.2, 0.25) is 0 Å². The highest BCUT2D eigenvalue weighted by Gasteiger charge is 2.20. The number of nitrogen functional groups attached to an aromatic ring is 1. The van der Waals surface area contributed by atoms with E-state index in [9.17, 15) is 4.79 Å². The first-order chi connectivity index (χ1) is 10.2. The van der Waals surface area contributed by atoms with Crippen molar-refractivity contribution >= 4 is 45.5 Å². The molecule has 2 rings (SSSR count). The summed E-state index contributed by atoms with van der Waals surface area (Å²) in [6.07, 6.45) is 0.944. The lowest BCUT2D eigenvalue weighted by Gasteiger charge is -2.21. The second-order valence-electron chi connectivity index (χ2n) is 5.92. The Morgan fingerprint density at radius 2 is 2.18 bits per heavy atom. The van der Waals surface area contributed by atoms with E-state index in [1.165, 1.54) is 6.33 Å². The molecule has 0 spiro atoms. The van der Waals surface area contributed by atoms with Crippen LogP contribution in [0.2, 0.25) is 0 Å². The number of amides is 1. The zero-order chi connectivity index (χ0) is 16.5. The topological polar surface area (TPSA) is 108 Å². The van der Waals surface area contributed by atoms with Crippen molar-refractivity contribution in [2.45, 2.75) is 39.3 Å². The number of carbonyl (C=O) groups is 1. The fraction of sp³-hybridized carbons (Fsp3) is 0.538. The number of nitrogens with zero attached hydrogens (tertiary/aromatic N) is 4. The number of hydrogen-bond donors (Lipinski definition) is 2. The summed E-state index contributed by atoms with van der Waals surface area (Å²) in [5.74, 6) is 0.396. The Morgan fingerprint density at radius 1 is 1.50 bits per heavy atom. The van der Waals surface area contributed by atoms with Gasteiger partial charge in [0.05, 0.1) is 11.4 Å². The average molecular weight is 418 g/mol. The molecule has 0 saturated carbocycles. The van der Waals surface area contributed by atoms with E-state index in [1.54, 1.807) is 4.68 Å². The Hall–Kier alpha value is -1.65. The van der Waals surface area contributed by atoms with Gasteiger partial charge < -0.3 is 15.8 Å². The van der Waals surface area contributed by atoms with E-state index in [2.05, 4.69) is 43.0 Å². The molecule has 0 saturated heterocycles. The Balaban J connectivity index is 2.12. The van der Waals surface area contributed by atoms with Gasteiger partial charge in [-0.2, -0.15) is 5.10 Å². The molecule has 8 nitrogen and oxygen atoms in total. The van der Waals surface area contributed by atoms with Crippen LogP contribution in [0.3, 0.4) is 0 Å². The van der Waals surface area contributed by atoms with Crippen LogP contribution in [0, 0.1) is 3.70 Å². The molecular weight excluding hydrogens is 399 g/mol. The molecule has 9 heteroatoms. The third-order valence-electron chi connectivity index (χ3n) is 2.83. The molecule has 2 heterocycles. The Bertz CT molecular complexity index is 694. The second-order valence-corrected chi connectivity index (χ2v) is 6.95. The van der Waals surface area contributed by atoms with Crippen LogP contribution in [0.25, 0.3) is 11.0 Å². The summed E-state index contributed by atoms with van der Waals surface area (Å²) in [5.41, 5.74) is 5.99. The number of halogens is 1. The van der Waals surface area contributed by atoms with E-state index in [4.69, 9.17) is 10.5 Å². The zero-order valence-corrected chi connectivity index (χ0v) is 15.1. The molecule has 2 aromatic heterocycles. The summed E-state index contributed by atoms with van der Waals surface area (Å²) < 4.78 is 7.67. The van der Waals surface area contributed by atoms with Gasteiger partial charge in [0.25, 0.3) is 0 Å². The van der Waals surface area contributed by atoms with Gasteiger partial charge >= 0.3 is 6.09 Å². The minimum absolute atomic E-state index is 0.104. The highest BCUT2D eigenvalue weighted by molar-refractivity contribution is 14.1. The Morgan fingerprint density at radius 3 is 2.82 bits per heavy atom. The minimum atomic E-state index is -0.525. The maximum atomic E-state index is 11.7. The molecule has 1 amide bonds. The normalized spacial score (nSPS) is 13.1. The fourth-order valence-corrected chi connectivity index (χ4v) is 2.64. The quantitative estimate of drug-likeness (QED) is 0.740. The molecule has 120 valence electrons. The standard InChI is InChI=1S/C13H19IN6O2/c1-7(5-16-12(21)22-13(2,3)4)20-11-8(9(14)19-20)10(15)17-6-18-11/h6-7H,5H2,1-4H3,(H,16,21)(H2,15,17,18). The molecule has 0 aliphatic carbocycles. The Labute approximate surface area is 142 Å². The summed E-state index contributed by atoms with van der Waals surface area (Å²) in [4.78, 5) is 19.9. The number of nitrogens with one attached hydrogen (secondary N) is 1. The monoisotopic (exact) mass is 418 g/mol. The number of hydrogen-bond acceptors (Lipinski definition) is 6. The van der Waals surface area contributed by atoms with Crippen LogP contribution in [-0.2, 0) is 4.74 Å². The molecule has 0 aliphatic rings. The fourth-order valence-electron chi connectivity index (χ4n) is 1.89. The molecule has 0 aromatic carbocycles. The van der Waals surface area contributed by atoms with E-state index in [0.717, 1.165) is 9.09 Å². The van der Waals surface area contributed by atoms with Gasteiger partial charge in [-0.3, -0.25) is 0 Å². The number of anilines is 1. The van der Waals surface area contributed by atoms with E-state index >= 15 is 0 Å². The van der Waals surface area contributed by atoms with Gasteiger partial charge in [0.15, 0.2) is 5.65 Å². The molecule has 1 atom stereocenters. The lowest BCUT2D eigenvalue weighted by atomic mass is 10.2. The summed E-state index contributed by atoms with van der Waals surface area (Å²) in [6.45, 7) is 7.75. The third kappa shape index (κ3) is 3.76. The molecule has 2 aromatic rings. The zero-order valence-electron chi connectivity index (χ0n) is 12.9. The summed E-state index contributed by atoms with van der Waals surface area (Å²) >= 11 is 2.09. The number of rotatable bonds is 3. The van der Waals surface area contributed by atoms with E-state index in [1.807, 2.05) is 27.7 Å². The van der Waals surface area contributed by atoms with Gasteiger partial charge in [-0.1, -0.05) is 0 Å². The smallest absolute Gasteiger partial charge is 0.407 e. The maximum Gasteiger partial charge on any atom is 0.407 e. The largest absolute Gasteiger partial charge is 0.444 e. The molecule has 3 N–H and O–H groups in total. The van der Waals surface area contributed by atoms with Gasteiger partial charge in [-0.25, -0.2) is 19.4 Å².